The van der Waals surface area contributed by atoms with Gasteiger partial charge < -0.3 is 9.72 Å². The smallest absolute Gasteiger partial charge is 0.302 e. The second kappa shape index (κ2) is 5.20. The van der Waals surface area contributed by atoms with Crippen LogP contribution in [0.4, 0.5) is 0 Å². The molecule has 0 spiro atoms. The summed E-state index contributed by atoms with van der Waals surface area (Å²) in [7, 11) is 0. The number of carbonyl (C=O) groups excluding carboxylic acids is 2. The quantitative estimate of drug-likeness (QED) is 0.858. The Morgan fingerprint density at radius 2 is 2.21 bits per heavy atom. The maximum absolute atomic E-state index is 13.2. The van der Waals surface area contributed by atoms with E-state index in [0.29, 0.717) is 0 Å². The summed E-state index contributed by atoms with van der Waals surface area (Å²) in [4.78, 5) is 27.9. The van der Waals surface area contributed by atoms with Gasteiger partial charge in [-0.2, -0.15) is 0 Å². The molecule has 1 aromatic carbocycles. The molecule has 2 bridgehead atoms. The number of ketones is 1. The van der Waals surface area contributed by atoms with Gasteiger partial charge in [-0.25, -0.2) is 0 Å². The lowest BCUT2D eigenvalue weighted by Crippen LogP contribution is -2.49. The van der Waals surface area contributed by atoms with E-state index in [1.165, 1.54) is 23.4 Å². The minimum Gasteiger partial charge on any atom is -0.465 e. The lowest BCUT2D eigenvalue weighted by Gasteiger charge is -2.44. The van der Waals surface area contributed by atoms with E-state index in [9.17, 15) is 9.59 Å². The van der Waals surface area contributed by atoms with Crippen molar-refractivity contribution in [1.82, 2.24) is 4.98 Å². The monoisotopic (exact) mass is 325 g/mol. The first-order chi connectivity index (χ1) is 11.4. The predicted molar refractivity (Wildman–Crippen MR) is 91.8 cm³/mol. The fourth-order valence-corrected chi connectivity index (χ4v) is 4.84. The number of rotatable bonds is 2. The van der Waals surface area contributed by atoms with Crippen LogP contribution in [-0.2, 0) is 20.7 Å². The summed E-state index contributed by atoms with van der Waals surface area (Å²) in [5.41, 5.74) is 3.12. The molecule has 4 heteroatoms. The summed E-state index contributed by atoms with van der Waals surface area (Å²) in [6.07, 6.45) is 3.90. The van der Waals surface area contributed by atoms with Crippen LogP contribution in [0.5, 0.6) is 0 Å². The zero-order valence-corrected chi connectivity index (χ0v) is 14.4. The summed E-state index contributed by atoms with van der Waals surface area (Å²) in [5.74, 6) is 0.286. The van der Waals surface area contributed by atoms with Gasteiger partial charge >= 0.3 is 5.97 Å². The molecule has 0 unspecified atom stereocenters. The Bertz CT molecular complexity index is 837. The Hall–Kier alpha value is -2.10. The van der Waals surface area contributed by atoms with Gasteiger partial charge in [0.25, 0.3) is 0 Å². The summed E-state index contributed by atoms with van der Waals surface area (Å²) in [5, 5.41) is 1.29. The molecule has 4 nitrogen and oxygen atoms in total. The third-order valence-corrected chi connectivity index (χ3v) is 6.28. The van der Waals surface area contributed by atoms with E-state index in [4.69, 9.17) is 4.74 Å². The van der Waals surface area contributed by atoms with Crippen molar-refractivity contribution in [3.05, 3.63) is 35.5 Å². The first-order valence-corrected chi connectivity index (χ1v) is 8.68. The van der Waals surface area contributed by atoms with Gasteiger partial charge in [0.15, 0.2) is 0 Å². The molecule has 24 heavy (non-hydrogen) atoms. The highest BCUT2D eigenvalue weighted by molar-refractivity contribution is 5.93. The van der Waals surface area contributed by atoms with Crippen molar-refractivity contribution >= 4 is 22.7 Å². The summed E-state index contributed by atoms with van der Waals surface area (Å²) in [6.45, 7) is 5.61. The zero-order valence-electron chi connectivity index (χ0n) is 14.4. The average molecular weight is 325 g/mol. The lowest BCUT2D eigenvalue weighted by atomic mass is 9.58. The molecule has 1 heterocycles. The molecule has 0 aliphatic heterocycles. The van der Waals surface area contributed by atoms with Gasteiger partial charge in [0, 0.05) is 29.9 Å². The van der Waals surface area contributed by atoms with Crippen molar-refractivity contribution in [2.75, 3.05) is 6.61 Å². The number of hydrogen-bond donors (Lipinski definition) is 1. The van der Waals surface area contributed by atoms with Crippen LogP contribution >= 0.6 is 0 Å². The molecule has 1 fully saturated rings. The summed E-state index contributed by atoms with van der Waals surface area (Å²) >= 11 is 0. The molecular weight excluding hydrogens is 302 g/mol. The number of aromatic nitrogens is 1. The second-order valence-corrected chi connectivity index (χ2v) is 7.68. The largest absolute Gasteiger partial charge is 0.465 e. The van der Waals surface area contributed by atoms with Gasteiger partial charge in [0.1, 0.15) is 12.4 Å². The van der Waals surface area contributed by atoms with E-state index in [1.54, 1.807) is 0 Å². The molecule has 4 atom stereocenters. The molecule has 1 aromatic heterocycles. The summed E-state index contributed by atoms with van der Waals surface area (Å²) < 4.78 is 5.30. The van der Waals surface area contributed by atoms with E-state index in [-0.39, 0.29) is 36.1 Å². The molecule has 2 aromatic rings. The van der Waals surface area contributed by atoms with Crippen LogP contribution in [0.1, 0.15) is 44.2 Å². The first-order valence-electron chi connectivity index (χ1n) is 8.68. The summed E-state index contributed by atoms with van der Waals surface area (Å²) in [6, 6.07) is 6.34. The average Bonchev–Trinajstić information content (AvgIpc) is 2.91. The van der Waals surface area contributed by atoms with Crippen molar-refractivity contribution in [2.45, 2.75) is 39.5 Å². The molecule has 2 aliphatic carbocycles. The predicted octanol–water partition coefficient (Wildman–Crippen LogP) is 3.60. The Morgan fingerprint density at radius 3 is 2.96 bits per heavy atom. The van der Waals surface area contributed by atoms with Crippen LogP contribution < -0.4 is 0 Å². The number of fused-ring (bicyclic) bond motifs is 3. The number of aromatic amines is 1. The third-order valence-electron chi connectivity index (χ3n) is 6.28. The van der Waals surface area contributed by atoms with E-state index in [0.717, 1.165) is 18.4 Å². The van der Waals surface area contributed by atoms with Crippen molar-refractivity contribution in [3.63, 3.8) is 0 Å². The molecule has 1 N–H and O–H groups in total. The topological polar surface area (TPSA) is 59.2 Å². The zero-order chi connectivity index (χ0) is 17.1. The van der Waals surface area contributed by atoms with Crippen molar-refractivity contribution < 1.29 is 14.3 Å². The standard InChI is InChI=1S/C20H23NO3/c1-11-15-8-14(20(3,19(11)23)10-24-12(2)22)7-13-5-4-6-17-18(13)16(15)9-21-17/h4-6,9,11,14-15,21H,7-8,10H2,1-3H3/t11-,14+,15-,20+/m0/s1. The molecule has 0 saturated heterocycles. The minimum atomic E-state index is -0.600. The molecule has 0 radical (unpaired) electrons. The maximum Gasteiger partial charge on any atom is 0.302 e. The van der Waals surface area contributed by atoms with Crippen LogP contribution in [-0.4, -0.2) is 23.3 Å². The number of hydrogen-bond acceptors (Lipinski definition) is 3. The van der Waals surface area contributed by atoms with Gasteiger partial charge in [-0.15, -0.1) is 0 Å². The maximum atomic E-state index is 13.2. The molecule has 126 valence electrons. The van der Waals surface area contributed by atoms with E-state index in [2.05, 4.69) is 29.4 Å². The fraction of sp³-hybridized carbons (Fsp3) is 0.500. The lowest BCUT2D eigenvalue weighted by molar-refractivity contribution is -0.154. The van der Waals surface area contributed by atoms with Gasteiger partial charge in [-0.1, -0.05) is 19.1 Å². The number of benzene rings is 1. The number of ether oxygens (including phenoxy) is 1. The number of esters is 1. The number of Topliss-reactive ketones (excluding diaryl/α,β-unsaturated/α-hetero) is 1. The van der Waals surface area contributed by atoms with Crippen LogP contribution in [0.2, 0.25) is 0 Å². The van der Waals surface area contributed by atoms with Crippen molar-refractivity contribution in [3.8, 4) is 0 Å². The highest BCUT2D eigenvalue weighted by Crippen LogP contribution is 2.52. The molecule has 1 saturated carbocycles. The van der Waals surface area contributed by atoms with Crippen molar-refractivity contribution in [2.24, 2.45) is 17.3 Å². The first kappa shape index (κ1) is 15.4. The van der Waals surface area contributed by atoms with Crippen LogP contribution in [0.15, 0.2) is 24.4 Å². The number of nitrogens with one attached hydrogen (secondary N) is 1. The Labute approximate surface area is 141 Å². The van der Waals surface area contributed by atoms with Gasteiger partial charge in [0.05, 0.1) is 5.41 Å². The van der Waals surface area contributed by atoms with E-state index < -0.39 is 5.41 Å². The molecule has 0 amide bonds. The number of carbonyl (C=O) groups is 2. The Morgan fingerprint density at radius 1 is 1.42 bits per heavy atom. The Kier molecular flexibility index (Phi) is 3.34. The molecule has 4 rings (SSSR count). The third kappa shape index (κ3) is 2.05. The van der Waals surface area contributed by atoms with Gasteiger partial charge in [-0.05, 0) is 48.8 Å². The normalized spacial score (nSPS) is 31.8. The van der Waals surface area contributed by atoms with Gasteiger partial charge in [0.2, 0.25) is 0 Å². The SMILES string of the molecule is CC(=O)OC[C@@]1(C)C(=O)[C@@H](C)[C@@H]2C[C@H]1Cc1cccc3[nH]cc2c13. The number of H-pyrrole nitrogens is 1. The minimum absolute atomic E-state index is 0.0630. The van der Waals surface area contributed by atoms with Crippen LogP contribution in [0.3, 0.4) is 0 Å². The van der Waals surface area contributed by atoms with Gasteiger partial charge in [-0.3, -0.25) is 9.59 Å². The second-order valence-electron chi connectivity index (χ2n) is 7.68. The highest BCUT2D eigenvalue weighted by atomic mass is 16.5. The Balaban J connectivity index is 1.83. The fourth-order valence-electron chi connectivity index (χ4n) is 4.84. The van der Waals surface area contributed by atoms with Crippen LogP contribution in [0, 0.1) is 17.3 Å². The van der Waals surface area contributed by atoms with Crippen molar-refractivity contribution in [1.29, 1.82) is 0 Å². The van der Waals surface area contributed by atoms with Crippen LogP contribution in [0.25, 0.3) is 10.9 Å². The van der Waals surface area contributed by atoms with E-state index >= 15 is 0 Å². The molecular formula is C20H23NO3. The molecule has 2 aliphatic rings. The van der Waals surface area contributed by atoms with E-state index in [1.807, 2.05) is 13.8 Å². The highest BCUT2D eigenvalue weighted by Gasteiger charge is 2.52.